The van der Waals surface area contributed by atoms with Crippen LogP contribution in [0.4, 0.5) is 4.39 Å². The highest BCUT2D eigenvalue weighted by Gasteiger charge is 2.18. The van der Waals surface area contributed by atoms with Crippen LogP contribution < -0.4 is 0 Å². The molecule has 6 heteroatoms. The van der Waals surface area contributed by atoms with E-state index in [9.17, 15) is 9.18 Å². The van der Waals surface area contributed by atoms with Crippen molar-refractivity contribution in [3.63, 3.8) is 0 Å². The molecule has 0 aliphatic carbocycles. The Hall–Kier alpha value is -3.38. The van der Waals surface area contributed by atoms with E-state index in [2.05, 4.69) is 5.10 Å². The molecule has 0 aliphatic heterocycles. The van der Waals surface area contributed by atoms with Gasteiger partial charge in [0, 0.05) is 11.1 Å². The maximum absolute atomic E-state index is 13.4. The lowest BCUT2D eigenvalue weighted by Crippen LogP contribution is -2.12. The average Bonchev–Trinajstić information content (AvgIpc) is 3.05. The normalized spacial score (nSPS) is 10.8. The second-order valence-corrected chi connectivity index (χ2v) is 7.05. The maximum atomic E-state index is 13.4. The molecule has 0 radical (unpaired) electrons. The summed E-state index contributed by atoms with van der Waals surface area (Å²) in [5, 5.41) is 4.62. The Bertz CT molecular complexity index is 1230. The standard InChI is InChI=1S/C23H18FN3OS/c1-16-7-5-6-10-20(16)27-22(18-11-13-19(24)14-12-18)25-26(23(27)29)15-21(28)17-8-3-2-4-9-17/h2-14H,15H2,1H3. The minimum Gasteiger partial charge on any atom is -0.292 e. The van der Waals surface area contributed by atoms with Crippen LogP contribution in [0.3, 0.4) is 0 Å². The van der Waals surface area contributed by atoms with E-state index in [0.717, 1.165) is 11.3 Å². The molecule has 0 fully saturated rings. The second-order valence-electron chi connectivity index (χ2n) is 6.68. The van der Waals surface area contributed by atoms with Gasteiger partial charge in [0.15, 0.2) is 11.6 Å². The van der Waals surface area contributed by atoms with Crippen molar-refractivity contribution in [3.8, 4) is 17.1 Å². The first kappa shape index (κ1) is 19.0. The van der Waals surface area contributed by atoms with Crippen molar-refractivity contribution in [1.29, 1.82) is 0 Å². The number of hydrogen-bond acceptors (Lipinski definition) is 3. The third-order valence-corrected chi connectivity index (χ3v) is 5.08. The highest BCUT2D eigenvalue weighted by atomic mass is 32.1. The second kappa shape index (κ2) is 7.93. The molecule has 0 saturated heterocycles. The number of halogens is 1. The number of hydrogen-bond donors (Lipinski definition) is 0. The van der Waals surface area contributed by atoms with Crippen LogP contribution >= 0.6 is 12.2 Å². The van der Waals surface area contributed by atoms with Crippen molar-refractivity contribution in [2.75, 3.05) is 0 Å². The third kappa shape index (κ3) is 3.79. The van der Waals surface area contributed by atoms with Gasteiger partial charge in [-0.2, -0.15) is 5.10 Å². The van der Waals surface area contributed by atoms with Crippen LogP contribution in [0.25, 0.3) is 17.1 Å². The molecule has 0 aliphatic rings. The van der Waals surface area contributed by atoms with Gasteiger partial charge in [0.05, 0.1) is 5.69 Å². The monoisotopic (exact) mass is 403 g/mol. The number of aromatic nitrogens is 3. The predicted molar refractivity (Wildman–Crippen MR) is 113 cm³/mol. The fourth-order valence-electron chi connectivity index (χ4n) is 3.18. The predicted octanol–water partition coefficient (Wildman–Crippen LogP) is 5.40. The molecule has 0 amide bonds. The molecular weight excluding hydrogens is 385 g/mol. The SMILES string of the molecule is Cc1ccccc1-n1c(-c2ccc(F)cc2)nn(CC(=O)c2ccccc2)c1=S. The van der Waals surface area contributed by atoms with Crippen LogP contribution in [0, 0.1) is 17.5 Å². The van der Waals surface area contributed by atoms with Gasteiger partial charge in [-0.15, -0.1) is 0 Å². The molecule has 4 rings (SSSR count). The number of rotatable bonds is 5. The third-order valence-electron chi connectivity index (χ3n) is 4.69. The molecular formula is C23H18FN3OS. The minimum atomic E-state index is -0.325. The molecule has 1 aromatic heterocycles. The Morgan fingerprint density at radius 3 is 2.31 bits per heavy atom. The molecule has 1 heterocycles. The van der Waals surface area contributed by atoms with Crippen molar-refractivity contribution >= 4 is 18.0 Å². The molecule has 0 unspecified atom stereocenters. The van der Waals surface area contributed by atoms with Crippen molar-refractivity contribution in [2.24, 2.45) is 0 Å². The number of para-hydroxylation sites is 1. The van der Waals surface area contributed by atoms with E-state index in [1.165, 1.54) is 16.8 Å². The zero-order chi connectivity index (χ0) is 20.4. The highest BCUT2D eigenvalue weighted by molar-refractivity contribution is 7.71. The van der Waals surface area contributed by atoms with Gasteiger partial charge >= 0.3 is 0 Å². The lowest BCUT2D eigenvalue weighted by molar-refractivity contribution is 0.0967. The zero-order valence-electron chi connectivity index (χ0n) is 15.7. The Kier molecular flexibility index (Phi) is 5.18. The highest BCUT2D eigenvalue weighted by Crippen LogP contribution is 2.25. The number of carbonyl (C=O) groups is 1. The van der Waals surface area contributed by atoms with Crippen molar-refractivity contribution in [3.05, 3.63) is 101 Å². The molecule has 144 valence electrons. The summed E-state index contributed by atoms with van der Waals surface area (Å²) in [6, 6.07) is 22.9. The van der Waals surface area contributed by atoms with Crippen LogP contribution in [0.2, 0.25) is 0 Å². The largest absolute Gasteiger partial charge is 0.292 e. The van der Waals surface area contributed by atoms with Gasteiger partial charge in [-0.3, -0.25) is 9.36 Å². The van der Waals surface area contributed by atoms with Crippen LogP contribution in [0.1, 0.15) is 15.9 Å². The summed E-state index contributed by atoms with van der Waals surface area (Å²) in [5.74, 6) is 0.153. The van der Waals surface area contributed by atoms with Crippen LogP contribution in [0.5, 0.6) is 0 Å². The first-order chi connectivity index (χ1) is 14.0. The summed E-state index contributed by atoms with van der Waals surface area (Å²) in [5.41, 5.74) is 3.20. The molecule has 4 aromatic rings. The molecule has 0 N–H and O–H groups in total. The molecule has 29 heavy (non-hydrogen) atoms. The van der Waals surface area contributed by atoms with Gasteiger partial charge in [-0.1, -0.05) is 48.5 Å². The molecule has 0 bridgehead atoms. The Morgan fingerprint density at radius 2 is 1.62 bits per heavy atom. The number of aryl methyl sites for hydroxylation is 1. The van der Waals surface area contributed by atoms with E-state index in [1.54, 1.807) is 24.3 Å². The van der Waals surface area contributed by atoms with Crippen molar-refractivity contribution in [2.45, 2.75) is 13.5 Å². The fourth-order valence-corrected chi connectivity index (χ4v) is 3.47. The van der Waals surface area contributed by atoms with E-state index < -0.39 is 0 Å². The van der Waals surface area contributed by atoms with E-state index in [1.807, 2.05) is 54.0 Å². The molecule has 0 spiro atoms. The first-order valence-electron chi connectivity index (χ1n) is 9.14. The quantitative estimate of drug-likeness (QED) is 0.331. The van der Waals surface area contributed by atoms with Gasteiger partial charge in [0.2, 0.25) is 4.77 Å². The van der Waals surface area contributed by atoms with Gasteiger partial charge in [0.25, 0.3) is 0 Å². The number of benzene rings is 3. The Labute approximate surface area is 172 Å². The molecule has 3 aromatic carbocycles. The summed E-state index contributed by atoms with van der Waals surface area (Å²) < 4.78 is 17.2. The van der Waals surface area contributed by atoms with Crippen molar-refractivity contribution in [1.82, 2.24) is 14.3 Å². The molecule has 0 saturated carbocycles. The summed E-state index contributed by atoms with van der Waals surface area (Å²) in [7, 11) is 0. The van der Waals surface area contributed by atoms with E-state index >= 15 is 0 Å². The average molecular weight is 403 g/mol. The van der Waals surface area contributed by atoms with E-state index in [0.29, 0.717) is 21.7 Å². The lowest BCUT2D eigenvalue weighted by Gasteiger charge is -2.09. The first-order valence-corrected chi connectivity index (χ1v) is 9.55. The Morgan fingerprint density at radius 1 is 0.966 bits per heavy atom. The number of carbonyl (C=O) groups excluding carboxylic acids is 1. The smallest absolute Gasteiger partial charge is 0.203 e. The fraction of sp³-hybridized carbons (Fsp3) is 0.0870. The number of Topliss-reactive ketones (excluding diaryl/α,β-unsaturated/α-hetero) is 1. The van der Waals surface area contributed by atoms with E-state index in [-0.39, 0.29) is 18.1 Å². The molecule has 4 nitrogen and oxygen atoms in total. The van der Waals surface area contributed by atoms with Crippen LogP contribution in [-0.4, -0.2) is 20.1 Å². The summed E-state index contributed by atoms with van der Waals surface area (Å²) in [6.45, 7) is 2.01. The van der Waals surface area contributed by atoms with Gasteiger partial charge in [-0.25, -0.2) is 9.07 Å². The van der Waals surface area contributed by atoms with Crippen LogP contribution in [-0.2, 0) is 6.54 Å². The summed E-state index contributed by atoms with van der Waals surface area (Å²) in [6.07, 6.45) is 0. The van der Waals surface area contributed by atoms with E-state index in [4.69, 9.17) is 12.2 Å². The van der Waals surface area contributed by atoms with Crippen LogP contribution in [0.15, 0.2) is 78.9 Å². The zero-order valence-corrected chi connectivity index (χ0v) is 16.6. The summed E-state index contributed by atoms with van der Waals surface area (Å²) >= 11 is 5.69. The topological polar surface area (TPSA) is 39.8 Å². The van der Waals surface area contributed by atoms with Crippen molar-refractivity contribution < 1.29 is 9.18 Å². The molecule has 0 atom stereocenters. The van der Waals surface area contributed by atoms with Gasteiger partial charge in [-0.05, 0) is 55.0 Å². The van der Waals surface area contributed by atoms with Gasteiger partial charge in [0.1, 0.15) is 12.4 Å². The van der Waals surface area contributed by atoms with Gasteiger partial charge < -0.3 is 0 Å². The number of nitrogens with zero attached hydrogens (tertiary/aromatic N) is 3. The minimum absolute atomic E-state index is 0.0237. The Balaban J connectivity index is 1.85. The number of ketones is 1. The maximum Gasteiger partial charge on any atom is 0.203 e. The lowest BCUT2D eigenvalue weighted by atomic mass is 10.1. The summed E-state index contributed by atoms with van der Waals surface area (Å²) in [4.78, 5) is 12.7.